The summed E-state index contributed by atoms with van der Waals surface area (Å²) in [6.45, 7) is 11.5. The normalized spacial score (nSPS) is 19.6. The summed E-state index contributed by atoms with van der Waals surface area (Å²) < 4.78 is 13.4. The molecule has 2 unspecified atom stereocenters. The molecule has 0 saturated heterocycles. The number of hydrogen-bond donors (Lipinski definition) is 1. The Balaban J connectivity index is 1.62. The minimum absolute atomic E-state index is 0.0233. The number of aryl methyl sites for hydroxylation is 2. The van der Waals surface area contributed by atoms with Crippen LogP contribution in [-0.2, 0) is 13.0 Å². The second-order valence-electron chi connectivity index (χ2n) is 13.2. The highest BCUT2D eigenvalue weighted by atomic mass is 16.7. The van der Waals surface area contributed by atoms with Gasteiger partial charge in [-0.05, 0) is 104 Å². The van der Waals surface area contributed by atoms with E-state index in [2.05, 4.69) is 42.7 Å². The highest BCUT2D eigenvalue weighted by Crippen LogP contribution is 2.53. The van der Waals surface area contributed by atoms with Crippen molar-refractivity contribution in [2.75, 3.05) is 27.7 Å². The SMILES string of the molecule is CCC(CCCC1(C)Oc2c(C)c(C=O)c(CCN(C)Cc3c(C)cc(C)[nH]c3=O)c(C3CCCCC3)c2O1)N(C)C. The average Bonchev–Trinajstić information content (AvgIpc) is 3.29. The van der Waals surface area contributed by atoms with Crippen molar-refractivity contribution in [3.63, 3.8) is 0 Å². The van der Waals surface area contributed by atoms with E-state index in [1.807, 2.05) is 33.9 Å². The van der Waals surface area contributed by atoms with E-state index in [9.17, 15) is 9.59 Å². The molecule has 1 aliphatic carbocycles. The van der Waals surface area contributed by atoms with Crippen LogP contribution in [0.3, 0.4) is 0 Å². The molecule has 2 aromatic rings. The number of carbonyl (C=O) groups excluding carboxylic acids is 1. The van der Waals surface area contributed by atoms with Crippen molar-refractivity contribution >= 4 is 6.29 Å². The summed E-state index contributed by atoms with van der Waals surface area (Å²) in [7, 11) is 6.34. The number of likely N-dealkylation sites (N-methyl/N-ethyl adjacent to an activating group) is 1. The number of benzene rings is 1. The first-order valence-electron chi connectivity index (χ1n) is 16.0. The molecular formula is C35H53N3O4. The van der Waals surface area contributed by atoms with Crippen molar-refractivity contribution in [3.05, 3.63) is 55.5 Å². The van der Waals surface area contributed by atoms with Crippen molar-refractivity contribution in [1.82, 2.24) is 14.8 Å². The van der Waals surface area contributed by atoms with E-state index in [0.29, 0.717) is 24.9 Å². The van der Waals surface area contributed by atoms with Crippen LogP contribution < -0.4 is 15.0 Å². The molecule has 2 atom stereocenters. The van der Waals surface area contributed by atoms with Gasteiger partial charge in [-0.15, -0.1) is 0 Å². The number of nitrogens with one attached hydrogen (secondary N) is 1. The maximum Gasteiger partial charge on any atom is 0.252 e. The Hall–Kier alpha value is -2.64. The molecule has 1 aromatic carbocycles. The standard InChI is InChI=1S/C35H53N3O4/c1-9-27(37(6)7)16-13-18-35(5)41-32-25(4)30(22-39)28(31(33(32)42-35)26-14-11-10-12-15-26)17-19-38(8)21-29-23(2)20-24(3)36-34(29)40/h20,22,26-27H,9-19,21H2,1-8H3,(H,36,40). The first-order valence-corrected chi connectivity index (χ1v) is 16.0. The fraction of sp³-hybridized carbons (Fsp3) is 0.657. The van der Waals surface area contributed by atoms with Crippen molar-refractivity contribution in [1.29, 1.82) is 0 Å². The number of hydrogen-bond acceptors (Lipinski definition) is 6. The molecule has 4 rings (SSSR count). The number of fused-ring (bicyclic) bond motifs is 1. The zero-order chi connectivity index (χ0) is 30.6. The predicted octanol–water partition coefficient (Wildman–Crippen LogP) is 6.83. The first-order chi connectivity index (χ1) is 20.0. The number of carbonyl (C=O) groups is 1. The molecule has 0 radical (unpaired) electrons. The molecule has 0 bridgehead atoms. The van der Waals surface area contributed by atoms with Crippen molar-refractivity contribution in [3.8, 4) is 11.5 Å². The summed E-state index contributed by atoms with van der Waals surface area (Å²) in [4.78, 5) is 32.8. The monoisotopic (exact) mass is 579 g/mol. The van der Waals surface area contributed by atoms with E-state index < -0.39 is 5.79 Å². The summed E-state index contributed by atoms with van der Waals surface area (Å²) in [5.41, 5.74) is 6.58. The molecule has 0 spiro atoms. The molecule has 2 heterocycles. The maximum absolute atomic E-state index is 12.7. The van der Waals surface area contributed by atoms with Crippen LogP contribution >= 0.6 is 0 Å². The Bertz CT molecular complexity index is 1310. The summed E-state index contributed by atoms with van der Waals surface area (Å²) in [5.74, 6) is 1.26. The van der Waals surface area contributed by atoms with Gasteiger partial charge in [0.25, 0.3) is 5.56 Å². The van der Waals surface area contributed by atoms with E-state index >= 15 is 0 Å². The quantitative estimate of drug-likeness (QED) is 0.262. The zero-order valence-corrected chi connectivity index (χ0v) is 27.3. The Morgan fingerprint density at radius 3 is 2.38 bits per heavy atom. The minimum atomic E-state index is -0.735. The van der Waals surface area contributed by atoms with Crippen LogP contribution in [0.25, 0.3) is 0 Å². The lowest BCUT2D eigenvalue weighted by Crippen LogP contribution is -2.35. The van der Waals surface area contributed by atoms with Gasteiger partial charge in [-0.2, -0.15) is 0 Å². The van der Waals surface area contributed by atoms with Gasteiger partial charge in [-0.25, -0.2) is 0 Å². The Kier molecular flexibility index (Phi) is 10.6. The Morgan fingerprint density at radius 1 is 1.07 bits per heavy atom. The zero-order valence-electron chi connectivity index (χ0n) is 27.3. The van der Waals surface area contributed by atoms with Gasteiger partial charge in [-0.3, -0.25) is 9.59 Å². The topological polar surface area (TPSA) is 74.9 Å². The van der Waals surface area contributed by atoms with Crippen LogP contribution in [-0.4, -0.2) is 60.6 Å². The maximum atomic E-state index is 12.7. The second-order valence-corrected chi connectivity index (χ2v) is 13.2. The van der Waals surface area contributed by atoms with Crippen LogP contribution in [0.15, 0.2) is 10.9 Å². The van der Waals surface area contributed by atoms with Crippen LogP contribution in [0.4, 0.5) is 0 Å². The fourth-order valence-corrected chi connectivity index (χ4v) is 7.17. The van der Waals surface area contributed by atoms with Gasteiger partial charge >= 0.3 is 0 Å². The molecule has 42 heavy (non-hydrogen) atoms. The highest BCUT2D eigenvalue weighted by molar-refractivity contribution is 5.84. The van der Waals surface area contributed by atoms with Gasteiger partial charge in [-0.1, -0.05) is 26.2 Å². The molecule has 1 aliphatic heterocycles. The first kappa shape index (κ1) is 32.3. The van der Waals surface area contributed by atoms with Gasteiger partial charge in [0.2, 0.25) is 5.79 Å². The van der Waals surface area contributed by atoms with Crippen LogP contribution in [0.1, 0.15) is 121 Å². The number of aromatic nitrogens is 1. The summed E-state index contributed by atoms with van der Waals surface area (Å²) >= 11 is 0. The molecule has 232 valence electrons. The number of H-pyrrole nitrogens is 1. The third-order valence-corrected chi connectivity index (χ3v) is 9.65. The van der Waals surface area contributed by atoms with Crippen LogP contribution in [0.2, 0.25) is 0 Å². The number of nitrogens with zero attached hydrogens (tertiary/aromatic N) is 2. The Morgan fingerprint density at radius 2 is 1.76 bits per heavy atom. The van der Waals surface area contributed by atoms with E-state index in [0.717, 1.165) is 96.4 Å². The van der Waals surface area contributed by atoms with Crippen molar-refractivity contribution < 1.29 is 14.3 Å². The van der Waals surface area contributed by atoms with E-state index in [4.69, 9.17) is 9.47 Å². The fourth-order valence-electron chi connectivity index (χ4n) is 7.17. The van der Waals surface area contributed by atoms with E-state index in [1.165, 1.54) is 24.8 Å². The molecule has 7 nitrogen and oxygen atoms in total. The molecule has 1 N–H and O–H groups in total. The van der Waals surface area contributed by atoms with Gasteiger partial charge in [0, 0.05) is 60.4 Å². The number of aromatic amines is 1. The lowest BCUT2D eigenvalue weighted by Gasteiger charge is -2.29. The number of rotatable bonds is 13. The van der Waals surface area contributed by atoms with Crippen molar-refractivity contribution in [2.24, 2.45) is 0 Å². The molecule has 1 saturated carbocycles. The van der Waals surface area contributed by atoms with Crippen molar-refractivity contribution in [2.45, 2.75) is 123 Å². The average molecular weight is 580 g/mol. The lowest BCUT2D eigenvalue weighted by atomic mass is 9.78. The highest BCUT2D eigenvalue weighted by Gasteiger charge is 2.42. The molecule has 1 fully saturated rings. The molecule has 0 amide bonds. The largest absolute Gasteiger partial charge is 0.448 e. The Labute approximate surface area is 253 Å². The van der Waals surface area contributed by atoms with Crippen LogP contribution in [0, 0.1) is 20.8 Å². The third kappa shape index (κ3) is 7.11. The second kappa shape index (κ2) is 13.8. The molecular weight excluding hydrogens is 526 g/mol. The van der Waals surface area contributed by atoms with E-state index in [1.54, 1.807) is 0 Å². The summed E-state index contributed by atoms with van der Waals surface area (Å²) in [6, 6.07) is 2.57. The summed E-state index contributed by atoms with van der Waals surface area (Å²) in [6.07, 6.45) is 11.6. The van der Waals surface area contributed by atoms with Gasteiger partial charge in [0.15, 0.2) is 17.8 Å². The van der Waals surface area contributed by atoms with Gasteiger partial charge in [0.1, 0.15) is 0 Å². The smallest absolute Gasteiger partial charge is 0.252 e. The molecule has 2 aliphatic rings. The third-order valence-electron chi connectivity index (χ3n) is 9.65. The molecule has 7 heteroatoms. The number of aldehydes is 1. The van der Waals surface area contributed by atoms with Crippen LogP contribution in [0.5, 0.6) is 11.5 Å². The lowest BCUT2D eigenvalue weighted by molar-refractivity contribution is -0.0710. The van der Waals surface area contributed by atoms with Gasteiger partial charge < -0.3 is 24.3 Å². The predicted molar refractivity (Wildman–Crippen MR) is 170 cm³/mol. The minimum Gasteiger partial charge on any atom is -0.448 e. The number of pyridine rings is 1. The van der Waals surface area contributed by atoms with E-state index in [-0.39, 0.29) is 5.56 Å². The van der Waals surface area contributed by atoms with Gasteiger partial charge in [0.05, 0.1) is 0 Å². The summed E-state index contributed by atoms with van der Waals surface area (Å²) in [5, 5.41) is 0. The number of ether oxygens (including phenoxy) is 2. The molecule has 1 aromatic heterocycles.